The minimum Gasteiger partial charge on any atom is -0.147 e. The highest BCUT2D eigenvalue weighted by molar-refractivity contribution is 7.58. The standard InChI is InChI=1S/C10H21N4O2S/c1-7(2)10-11-12(8(3)4)13(9(5)6)14(10)17(15)16/h7-9H,1-6H3/q+1. The molecule has 17 heavy (non-hydrogen) atoms. The van der Waals surface area contributed by atoms with Crippen LogP contribution in [0.2, 0.25) is 0 Å². The molecule has 0 fully saturated rings. The number of nitrogens with zero attached hydrogens (tertiary/aromatic N) is 4. The van der Waals surface area contributed by atoms with Crippen LogP contribution in [-0.2, 0) is 10.5 Å². The molecule has 0 saturated heterocycles. The van der Waals surface area contributed by atoms with Crippen molar-refractivity contribution in [1.82, 2.24) is 14.7 Å². The fraction of sp³-hybridized carbons (Fsp3) is 0.900. The summed E-state index contributed by atoms with van der Waals surface area (Å²) in [4.78, 5) is 3.39. The monoisotopic (exact) mass is 261 g/mol. The molecule has 0 aliphatic carbocycles. The molecule has 0 aromatic carbocycles. The molecule has 0 amide bonds. The molecule has 98 valence electrons. The molecular weight excluding hydrogens is 240 g/mol. The van der Waals surface area contributed by atoms with Crippen molar-refractivity contribution in [2.24, 2.45) is 0 Å². The summed E-state index contributed by atoms with van der Waals surface area (Å²) in [6.07, 6.45) is 0. The Hall–Kier alpha value is -1.11. The van der Waals surface area contributed by atoms with Gasteiger partial charge in [0.15, 0.2) is 0 Å². The maximum absolute atomic E-state index is 11.4. The van der Waals surface area contributed by atoms with Gasteiger partial charge in [0.1, 0.15) is 6.04 Å². The average Bonchev–Trinajstić information content (AvgIpc) is 2.56. The van der Waals surface area contributed by atoms with Gasteiger partial charge in [-0.25, -0.2) is 0 Å². The number of aromatic nitrogens is 4. The zero-order chi connectivity index (χ0) is 13.3. The van der Waals surface area contributed by atoms with Gasteiger partial charge in [-0.15, -0.1) is 8.42 Å². The maximum Gasteiger partial charge on any atom is 0.376 e. The summed E-state index contributed by atoms with van der Waals surface area (Å²) in [6, 6.07) is 0.134. The molecule has 6 nitrogen and oxygen atoms in total. The van der Waals surface area contributed by atoms with E-state index >= 15 is 0 Å². The number of tetrazole rings is 1. The first-order valence-electron chi connectivity index (χ1n) is 5.83. The second kappa shape index (κ2) is 5.03. The Bertz CT molecular complexity index is 556. The van der Waals surface area contributed by atoms with E-state index in [1.165, 1.54) is 3.73 Å². The van der Waals surface area contributed by atoms with Crippen molar-refractivity contribution in [2.75, 3.05) is 0 Å². The molecule has 0 bridgehead atoms. The molecule has 0 aliphatic rings. The van der Waals surface area contributed by atoms with Crippen LogP contribution in [0.4, 0.5) is 0 Å². The van der Waals surface area contributed by atoms with Crippen molar-refractivity contribution in [3.8, 4) is 0 Å². The average molecular weight is 261 g/mol. The molecular formula is C10H21N4O2S+. The van der Waals surface area contributed by atoms with E-state index in [4.69, 9.17) is 0 Å². The molecule has 1 aromatic heterocycles. The van der Waals surface area contributed by atoms with E-state index in [2.05, 4.69) is 5.10 Å². The van der Waals surface area contributed by atoms with Crippen LogP contribution in [0.1, 0.15) is 65.4 Å². The van der Waals surface area contributed by atoms with E-state index in [0.717, 1.165) is 0 Å². The molecule has 1 heterocycles. The second-order valence-electron chi connectivity index (χ2n) is 4.93. The van der Waals surface area contributed by atoms with Crippen LogP contribution in [0.15, 0.2) is 0 Å². The summed E-state index contributed by atoms with van der Waals surface area (Å²) in [5, 5.41) is 4.40. The molecule has 0 N–H and O–H groups in total. The lowest BCUT2D eigenvalue weighted by atomic mass is 10.2. The highest BCUT2D eigenvalue weighted by Crippen LogP contribution is 2.11. The molecule has 0 saturated carbocycles. The van der Waals surface area contributed by atoms with Crippen molar-refractivity contribution in [3.05, 3.63) is 5.82 Å². The SMILES string of the molecule is CC(C)c1nn(C(C)C)n(C(C)C)[n+]1=S(=O)=O. The Morgan fingerprint density at radius 3 is 1.88 bits per heavy atom. The van der Waals surface area contributed by atoms with Gasteiger partial charge in [-0.2, -0.15) is 0 Å². The zero-order valence-electron chi connectivity index (χ0n) is 11.2. The Labute approximate surface area is 103 Å². The number of hydrogen-bond acceptors (Lipinski definition) is 3. The Morgan fingerprint density at radius 1 is 1.06 bits per heavy atom. The lowest BCUT2D eigenvalue weighted by Crippen LogP contribution is -2.38. The van der Waals surface area contributed by atoms with Gasteiger partial charge in [0.25, 0.3) is 0 Å². The van der Waals surface area contributed by atoms with Gasteiger partial charge in [0.2, 0.25) is 0 Å². The van der Waals surface area contributed by atoms with Gasteiger partial charge >= 0.3 is 16.3 Å². The predicted octanol–water partition coefficient (Wildman–Crippen LogP) is 1.18. The largest absolute Gasteiger partial charge is 0.376 e. The Morgan fingerprint density at radius 2 is 1.59 bits per heavy atom. The quantitative estimate of drug-likeness (QED) is 0.768. The normalized spacial score (nSPS) is 11.8. The fourth-order valence-electron chi connectivity index (χ4n) is 1.66. The summed E-state index contributed by atoms with van der Waals surface area (Å²) in [5.74, 6) is 0.610. The number of hydrogen-bond donors (Lipinski definition) is 0. The van der Waals surface area contributed by atoms with E-state index in [1.54, 1.807) is 9.59 Å². The third kappa shape index (κ3) is 2.59. The van der Waals surface area contributed by atoms with E-state index in [1.807, 2.05) is 41.5 Å². The van der Waals surface area contributed by atoms with Crippen LogP contribution in [-0.4, -0.2) is 23.1 Å². The topological polar surface area (TPSA) is 62.8 Å². The molecule has 0 spiro atoms. The first kappa shape index (κ1) is 14.0. The Balaban J connectivity index is 3.83. The lowest BCUT2D eigenvalue weighted by molar-refractivity contribution is -0.571. The molecule has 7 heteroatoms. The molecule has 1 aromatic rings. The first-order valence-corrected chi connectivity index (χ1v) is 6.86. The van der Waals surface area contributed by atoms with E-state index in [9.17, 15) is 8.42 Å². The second-order valence-corrected chi connectivity index (χ2v) is 5.71. The summed E-state index contributed by atoms with van der Waals surface area (Å²) >= 11 is 0. The highest BCUT2D eigenvalue weighted by Gasteiger charge is 2.27. The van der Waals surface area contributed by atoms with Crippen LogP contribution < -0.4 is 3.73 Å². The Kier molecular flexibility index (Phi) is 4.13. The van der Waals surface area contributed by atoms with Crippen molar-refractivity contribution >= 4 is 10.5 Å². The van der Waals surface area contributed by atoms with Gasteiger partial charge < -0.3 is 0 Å². The molecule has 0 unspecified atom stereocenters. The van der Waals surface area contributed by atoms with Gasteiger partial charge in [-0.1, -0.05) is 18.6 Å². The predicted molar refractivity (Wildman–Crippen MR) is 64.0 cm³/mol. The fourth-order valence-corrected chi connectivity index (χ4v) is 2.46. The smallest absolute Gasteiger partial charge is 0.147 e. The highest BCUT2D eigenvalue weighted by atomic mass is 32.2. The van der Waals surface area contributed by atoms with Crippen LogP contribution >= 0.6 is 0 Å². The van der Waals surface area contributed by atoms with Crippen molar-refractivity contribution in [1.29, 1.82) is 0 Å². The van der Waals surface area contributed by atoms with E-state index < -0.39 is 10.5 Å². The molecule has 0 atom stereocenters. The number of rotatable bonds is 3. The van der Waals surface area contributed by atoms with E-state index in [-0.39, 0.29) is 18.0 Å². The molecule has 0 aliphatic heterocycles. The summed E-state index contributed by atoms with van der Waals surface area (Å²) in [5.41, 5.74) is 0. The summed E-state index contributed by atoms with van der Waals surface area (Å²) in [7, 11) is -2.34. The minimum absolute atomic E-state index is 0.0234. The van der Waals surface area contributed by atoms with Crippen LogP contribution in [0.3, 0.4) is 0 Å². The third-order valence-electron chi connectivity index (χ3n) is 2.38. The summed E-state index contributed by atoms with van der Waals surface area (Å²) in [6.45, 7) is 11.7. The molecule has 0 radical (unpaired) electrons. The van der Waals surface area contributed by atoms with Crippen molar-refractivity contribution < 1.29 is 12.1 Å². The van der Waals surface area contributed by atoms with Crippen molar-refractivity contribution in [3.63, 3.8) is 0 Å². The van der Waals surface area contributed by atoms with Gasteiger partial charge in [-0.05, 0) is 36.2 Å². The van der Waals surface area contributed by atoms with E-state index in [0.29, 0.717) is 5.82 Å². The zero-order valence-corrected chi connectivity index (χ0v) is 12.1. The van der Waals surface area contributed by atoms with Gasteiger partial charge in [-0.3, -0.25) is 0 Å². The molecule has 1 rings (SSSR count). The van der Waals surface area contributed by atoms with Gasteiger partial charge in [0, 0.05) is 5.92 Å². The minimum atomic E-state index is -2.34. The van der Waals surface area contributed by atoms with Crippen molar-refractivity contribution in [2.45, 2.75) is 59.5 Å². The first-order chi connectivity index (χ1) is 7.77. The lowest BCUT2D eigenvalue weighted by Gasteiger charge is -2.06. The summed E-state index contributed by atoms with van der Waals surface area (Å²) < 4.78 is 24.0. The maximum atomic E-state index is 11.4. The van der Waals surface area contributed by atoms with Crippen LogP contribution in [0, 0.1) is 0 Å². The third-order valence-corrected chi connectivity index (χ3v) is 3.02. The van der Waals surface area contributed by atoms with Gasteiger partial charge in [0.05, 0.1) is 11.1 Å². The van der Waals surface area contributed by atoms with Crippen LogP contribution in [0.25, 0.3) is 0 Å². The van der Waals surface area contributed by atoms with Crippen LogP contribution in [0.5, 0.6) is 0 Å².